The molecule has 0 spiro atoms. The summed E-state index contributed by atoms with van der Waals surface area (Å²) in [5.41, 5.74) is 3.85. The highest BCUT2D eigenvalue weighted by Crippen LogP contribution is 2.21. The molecular weight excluding hydrogens is 516 g/mol. The van der Waals surface area contributed by atoms with E-state index in [2.05, 4.69) is 36.5 Å². The second-order valence-corrected chi connectivity index (χ2v) is 10.2. The SMILES string of the molecule is O=C(NCCCN1CCN(c2cccc(Cl)c2)CC1)c1ccc(CNc2nc(=S)[nH]c3ccccc23)cc1. The molecule has 7 nitrogen and oxygen atoms in total. The molecule has 0 saturated carbocycles. The topological polar surface area (TPSA) is 76.3 Å². The number of anilines is 2. The molecule has 4 aromatic rings. The zero-order chi connectivity index (χ0) is 26.3. The molecule has 3 N–H and O–H groups in total. The molecule has 9 heteroatoms. The molecule has 5 rings (SSSR count). The van der Waals surface area contributed by atoms with E-state index in [4.69, 9.17) is 23.8 Å². The Morgan fingerprint density at radius 1 is 1.00 bits per heavy atom. The third-order valence-corrected chi connectivity index (χ3v) is 7.22. The summed E-state index contributed by atoms with van der Waals surface area (Å²) in [4.78, 5) is 25.0. The van der Waals surface area contributed by atoms with Gasteiger partial charge in [-0.05, 0) is 73.2 Å². The van der Waals surface area contributed by atoms with E-state index in [-0.39, 0.29) is 5.91 Å². The van der Waals surface area contributed by atoms with Crippen molar-refractivity contribution in [3.63, 3.8) is 0 Å². The van der Waals surface area contributed by atoms with E-state index in [1.807, 2.05) is 66.7 Å². The zero-order valence-electron chi connectivity index (χ0n) is 21.1. The second-order valence-electron chi connectivity index (χ2n) is 9.40. The van der Waals surface area contributed by atoms with Crippen LogP contribution >= 0.6 is 23.8 Å². The lowest BCUT2D eigenvalue weighted by atomic mass is 10.1. The van der Waals surface area contributed by atoms with Crippen molar-refractivity contribution in [1.29, 1.82) is 0 Å². The first kappa shape index (κ1) is 26.2. The van der Waals surface area contributed by atoms with E-state index >= 15 is 0 Å². The summed E-state index contributed by atoms with van der Waals surface area (Å²) in [5.74, 6) is 0.703. The van der Waals surface area contributed by atoms with Gasteiger partial charge < -0.3 is 20.5 Å². The lowest BCUT2D eigenvalue weighted by Crippen LogP contribution is -2.47. The van der Waals surface area contributed by atoms with Crippen LogP contribution in [0.1, 0.15) is 22.3 Å². The first-order valence-corrected chi connectivity index (χ1v) is 13.7. The quantitative estimate of drug-likeness (QED) is 0.190. The predicted molar refractivity (Wildman–Crippen MR) is 158 cm³/mol. The Bertz CT molecular complexity index is 1450. The van der Waals surface area contributed by atoms with E-state index in [1.165, 1.54) is 5.69 Å². The van der Waals surface area contributed by atoms with Gasteiger partial charge in [0, 0.05) is 60.9 Å². The van der Waals surface area contributed by atoms with E-state index in [0.29, 0.717) is 23.4 Å². The second kappa shape index (κ2) is 12.4. The standard InChI is InChI=1S/C29H31ClN6OS/c30-23-5-3-6-24(19-23)36-17-15-35(16-18-36)14-4-13-31-28(37)22-11-9-21(10-12-22)20-32-27-25-7-1-2-8-26(25)33-29(38)34-27/h1-3,5-12,19H,4,13-18,20H2,(H,31,37)(H2,32,33,34,38). The molecule has 1 aliphatic rings. The van der Waals surface area contributed by atoms with Gasteiger partial charge in [-0.2, -0.15) is 0 Å². The number of nitrogens with one attached hydrogen (secondary N) is 3. The Morgan fingerprint density at radius 2 is 1.79 bits per heavy atom. The number of amides is 1. The normalized spacial score (nSPS) is 14.0. The smallest absolute Gasteiger partial charge is 0.251 e. The van der Waals surface area contributed by atoms with Gasteiger partial charge in [0.05, 0.1) is 5.52 Å². The fourth-order valence-electron chi connectivity index (χ4n) is 4.71. The number of carbonyl (C=O) groups is 1. The molecule has 0 atom stereocenters. The van der Waals surface area contributed by atoms with Gasteiger partial charge in [-0.25, -0.2) is 4.98 Å². The van der Waals surface area contributed by atoms with Gasteiger partial charge in [0.2, 0.25) is 0 Å². The summed E-state index contributed by atoms with van der Waals surface area (Å²) in [6.45, 7) is 6.20. The van der Waals surface area contributed by atoms with Crippen molar-refractivity contribution in [2.45, 2.75) is 13.0 Å². The van der Waals surface area contributed by atoms with Crippen molar-refractivity contribution in [2.75, 3.05) is 49.5 Å². The Balaban J connectivity index is 1.04. The molecule has 196 valence electrons. The van der Waals surface area contributed by atoms with Gasteiger partial charge in [-0.15, -0.1) is 0 Å². The van der Waals surface area contributed by atoms with Crippen LogP contribution in [-0.4, -0.2) is 60.0 Å². The highest BCUT2D eigenvalue weighted by molar-refractivity contribution is 7.71. The highest BCUT2D eigenvalue weighted by atomic mass is 35.5. The molecule has 0 bridgehead atoms. The van der Waals surface area contributed by atoms with E-state index < -0.39 is 0 Å². The van der Waals surface area contributed by atoms with Gasteiger partial charge in [-0.1, -0.05) is 41.9 Å². The van der Waals surface area contributed by atoms with E-state index in [9.17, 15) is 4.79 Å². The minimum Gasteiger partial charge on any atom is -0.369 e. The molecule has 1 fully saturated rings. The van der Waals surface area contributed by atoms with E-state index in [0.717, 1.165) is 66.5 Å². The Kier molecular flexibility index (Phi) is 8.53. The molecule has 1 aliphatic heterocycles. The maximum atomic E-state index is 12.6. The largest absolute Gasteiger partial charge is 0.369 e. The number of nitrogens with zero attached hydrogens (tertiary/aromatic N) is 3. The minimum absolute atomic E-state index is 0.0442. The van der Waals surface area contributed by atoms with Crippen LogP contribution in [-0.2, 0) is 6.54 Å². The van der Waals surface area contributed by atoms with Crippen LogP contribution in [0.3, 0.4) is 0 Å². The predicted octanol–water partition coefficient (Wildman–Crippen LogP) is 5.50. The number of carbonyl (C=O) groups excluding carboxylic acids is 1. The highest BCUT2D eigenvalue weighted by Gasteiger charge is 2.17. The van der Waals surface area contributed by atoms with E-state index in [1.54, 1.807) is 0 Å². The summed E-state index contributed by atoms with van der Waals surface area (Å²) in [5, 5.41) is 8.18. The number of benzene rings is 3. The van der Waals surface area contributed by atoms with Gasteiger partial charge in [-0.3, -0.25) is 9.69 Å². The summed E-state index contributed by atoms with van der Waals surface area (Å²) in [6.07, 6.45) is 0.922. The third-order valence-electron chi connectivity index (χ3n) is 6.80. The van der Waals surface area contributed by atoms with Gasteiger partial charge >= 0.3 is 0 Å². The number of aromatic amines is 1. The van der Waals surface area contributed by atoms with Crippen LogP contribution in [0.25, 0.3) is 10.9 Å². The summed E-state index contributed by atoms with van der Waals surface area (Å²) in [6, 6.07) is 23.6. The van der Waals surface area contributed by atoms with Crippen LogP contribution in [0.5, 0.6) is 0 Å². The molecule has 2 heterocycles. The number of para-hydroxylation sites is 1. The number of hydrogen-bond acceptors (Lipinski definition) is 6. The van der Waals surface area contributed by atoms with Crippen LogP contribution in [0, 0.1) is 4.77 Å². The molecule has 1 saturated heterocycles. The van der Waals surface area contributed by atoms with Crippen molar-refractivity contribution in [1.82, 2.24) is 20.2 Å². The lowest BCUT2D eigenvalue weighted by molar-refractivity contribution is 0.0951. The summed E-state index contributed by atoms with van der Waals surface area (Å²) >= 11 is 11.4. The molecule has 0 radical (unpaired) electrons. The lowest BCUT2D eigenvalue weighted by Gasteiger charge is -2.36. The first-order chi connectivity index (χ1) is 18.5. The van der Waals surface area contributed by atoms with Gasteiger partial charge in [0.25, 0.3) is 5.91 Å². The zero-order valence-corrected chi connectivity index (χ0v) is 22.7. The number of H-pyrrole nitrogens is 1. The van der Waals surface area contributed by atoms with Crippen molar-refractivity contribution >= 4 is 52.1 Å². The number of rotatable bonds is 9. The van der Waals surface area contributed by atoms with Crippen LogP contribution in [0.15, 0.2) is 72.8 Å². The number of hydrogen-bond donors (Lipinski definition) is 3. The first-order valence-electron chi connectivity index (χ1n) is 12.9. The summed E-state index contributed by atoms with van der Waals surface area (Å²) in [7, 11) is 0. The van der Waals surface area contributed by atoms with Crippen LogP contribution in [0.2, 0.25) is 5.02 Å². The maximum absolute atomic E-state index is 12.6. The third kappa shape index (κ3) is 6.69. The molecule has 0 unspecified atom stereocenters. The average Bonchev–Trinajstić information content (AvgIpc) is 2.94. The van der Waals surface area contributed by atoms with Crippen LogP contribution < -0.4 is 15.5 Å². The van der Waals surface area contributed by atoms with Crippen LogP contribution in [0.4, 0.5) is 11.5 Å². The fourth-order valence-corrected chi connectivity index (χ4v) is 5.09. The Morgan fingerprint density at radius 3 is 2.58 bits per heavy atom. The number of halogens is 1. The number of piperazine rings is 1. The summed E-state index contributed by atoms with van der Waals surface area (Å²) < 4.78 is 0.443. The molecular formula is C29H31ClN6OS. The van der Waals surface area contributed by atoms with Gasteiger partial charge in [0.1, 0.15) is 5.82 Å². The fraction of sp³-hybridized carbons (Fsp3) is 0.276. The van der Waals surface area contributed by atoms with Crippen molar-refractivity contribution < 1.29 is 4.79 Å². The monoisotopic (exact) mass is 546 g/mol. The average molecular weight is 547 g/mol. The molecule has 0 aliphatic carbocycles. The Hall–Kier alpha value is -3.46. The maximum Gasteiger partial charge on any atom is 0.251 e. The Labute approximate surface area is 232 Å². The van der Waals surface area contributed by atoms with Crippen molar-refractivity contribution in [2.24, 2.45) is 0 Å². The number of aromatic nitrogens is 2. The number of fused-ring (bicyclic) bond motifs is 1. The van der Waals surface area contributed by atoms with Crippen molar-refractivity contribution in [3.05, 3.63) is 93.7 Å². The minimum atomic E-state index is -0.0442. The molecule has 3 aromatic carbocycles. The molecule has 1 amide bonds. The van der Waals surface area contributed by atoms with Gasteiger partial charge in [0.15, 0.2) is 4.77 Å². The van der Waals surface area contributed by atoms with Crippen molar-refractivity contribution in [3.8, 4) is 0 Å². The molecule has 1 aromatic heterocycles. The molecule has 38 heavy (non-hydrogen) atoms.